The van der Waals surface area contributed by atoms with E-state index in [-0.39, 0.29) is 11.9 Å². The zero-order valence-corrected chi connectivity index (χ0v) is 12.3. The first-order valence-electron chi connectivity index (χ1n) is 6.75. The lowest BCUT2D eigenvalue weighted by Crippen LogP contribution is -2.25. The quantitative estimate of drug-likeness (QED) is 0.610. The molecule has 0 bridgehead atoms. The largest absolute Gasteiger partial charge is 0.466 e. The van der Waals surface area contributed by atoms with Crippen LogP contribution in [0, 0.1) is 0 Å². The van der Waals surface area contributed by atoms with Crippen LogP contribution in [-0.2, 0) is 9.53 Å². The molecule has 0 aromatic heterocycles. The third-order valence-electron chi connectivity index (χ3n) is 2.79. The maximum atomic E-state index is 11.9. The molecule has 1 aromatic carbocycles. The zero-order chi connectivity index (χ0) is 15.0. The van der Waals surface area contributed by atoms with E-state index >= 15 is 0 Å². The van der Waals surface area contributed by atoms with Crippen molar-refractivity contribution in [3.8, 4) is 0 Å². The summed E-state index contributed by atoms with van der Waals surface area (Å²) >= 11 is 0. The van der Waals surface area contributed by atoms with Gasteiger partial charge in [0.25, 0.3) is 5.91 Å². The monoisotopic (exact) mass is 278 g/mol. The highest BCUT2D eigenvalue weighted by atomic mass is 16.5. The minimum Gasteiger partial charge on any atom is -0.466 e. The molecular weight excluding hydrogens is 256 g/mol. The predicted molar refractivity (Wildman–Crippen MR) is 79.0 cm³/mol. The molecule has 1 N–H and O–H groups in total. The Hall–Kier alpha value is -2.04. The number of nitrogens with one attached hydrogen (secondary N) is 1. The van der Waals surface area contributed by atoms with E-state index in [9.17, 15) is 9.59 Å². The van der Waals surface area contributed by atoms with Gasteiger partial charge in [0.2, 0.25) is 0 Å². The van der Waals surface area contributed by atoms with Crippen LogP contribution in [0.3, 0.4) is 0 Å². The molecule has 5 nitrogen and oxygen atoms in total. The SMILES string of the molecule is CCOC(=O)CCCNC(=O)c1ccc(N(C)C)cc1. The van der Waals surface area contributed by atoms with Gasteiger partial charge in [-0.25, -0.2) is 0 Å². The molecule has 0 aliphatic carbocycles. The highest BCUT2D eigenvalue weighted by Crippen LogP contribution is 2.12. The lowest BCUT2D eigenvalue weighted by atomic mass is 10.2. The van der Waals surface area contributed by atoms with Gasteiger partial charge in [0.05, 0.1) is 6.61 Å². The molecule has 0 fully saturated rings. The number of hydrogen-bond acceptors (Lipinski definition) is 4. The number of carbonyl (C=O) groups excluding carboxylic acids is 2. The second kappa shape index (κ2) is 8.19. The van der Waals surface area contributed by atoms with Gasteiger partial charge in [0, 0.05) is 38.3 Å². The van der Waals surface area contributed by atoms with Gasteiger partial charge in [0.1, 0.15) is 0 Å². The Kier molecular flexibility index (Phi) is 6.56. The Morgan fingerprint density at radius 1 is 1.20 bits per heavy atom. The molecule has 0 heterocycles. The number of amides is 1. The van der Waals surface area contributed by atoms with Crippen molar-refractivity contribution >= 4 is 17.6 Å². The van der Waals surface area contributed by atoms with Crippen molar-refractivity contribution in [1.82, 2.24) is 5.32 Å². The summed E-state index contributed by atoms with van der Waals surface area (Å²) in [6.07, 6.45) is 0.911. The normalized spacial score (nSPS) is 9.95. The molecule has 0 atom stereocenters. The molecule has 0 saturated carbocycles. The van der Waals surface area contributed by atoms with Crippen molar-refractivity contribution in [3.63, 3.8) is 0 Å². The van der Waals surface area contributed by atoms with Crippen LogP contribution in [0.4, 0.5) is 5.69 Å². The van der Waals surface area contributed by atoms with Crippen LogP contribution in [0.25, 0.3) is 0 Å². The first-order chi connectivity index (χ1) is 9.54. The third-order valence-corrected chi connectivity index (χ3v) is 2.79. The van der Waals surface area contributed by atoms with E-state index in [0.717, 1.165) is 5.69 Å². The van der Waals surface area contributed by atoms with Crippen molar-refractivity contribution < 1.29 is 14.3 Å². The molecule has 0 spiro atoms. The lowest BCUT2D eigenvalue weighted by Gasteiger charge is -2.12. The lowest BCUT2D eigenvalue weighted by molar-refractivity contribution is -0.143. The topological polar surface area (TPSA) is 58.6 Å². The van der Waals surface area contributed by atoms with Gasteiger partial charge in [-0.2, -0.15) is 0 Å². The summed E-state index contributed by atoms with van der Waals surface area (Å²) in [4.78, 5) is 24.9. The van der Waals surface area contributed by atoms with E-state index in [1.165, 1.54) is 0 Å². The van der Waals surface area contributed by atoms with Gasteiger partial charge in [-0.1, -0.05) is 0 Å². The van der Waals surface area contributed by atoms with Crippen molar-refractivity contribution in [3.05, 3.63) is 29.8 Å². The van der Waals surface area contributed by atoms with Crippen LogP contribution in [0.15, 0.2) is 24.3 Å². The van der Waals surface area contributed by atoms with Gasteiger partial charge >= 0.3 is 5.97 Å². The van der Waals surface area contributed by atoms with E-state index in [1.807, 2.05) is 31.1 Å². The average molecular weight is 278 g/mol. The van der Waals surface area contributed by atoms with Gasteiger partial charge in [-0.3, -0.25) is 9.59 Å². The van der Waals surface area contributed by atoms with Crippen molar-refractivity contribution in [2.75, 3.05) is 32.1 Å². The molecule has 0 aliphatic heterocycles. The van der Waals surface area contributed by atoms with Gasteiger partial charge in [-0.15, -0.1) is 0 Å². The smallest absolute Gasteiger partial charge is 0.305 e. The molecule has 110 valence electrons. The van der Waals surface area contributed by atoms with Crippen molar-refractivity contribution in [1.29, 1.82) is 0 Å². The Morgan fingerprint density at radius 3 is 2.40 bits per heavy atom. The van der Waals surface area contributed by atoms with Crippen LogP contribution < -0.4 is 10.2 Å². The van der Waals surface area contributed by atoms with Crippen molar-refractivity contribution in [2.45, 2.75) is 19.8 Å². The number of nitrogens with zero attached hydrogens (tertiary/aromatic N) is 1. The molecule has 0 aliphatic rings. The zero-order valence-electron chi connectivity index (χ0n) is 12.3. The van der Waals surface area contributed by atoms with Gasteiger partial charge in [0.15, 0.2) is 0 Å². The maximum Gasteiger partial charge on any atom is 0.305 e. The average Bonchev–Trinajstić information content (AvgIpc) is 2.43. The number of rotatable bonds is 7. The molecule has 0 saturated heterocycles. The Balaban J connectivity index is 2.34. The number of esters is 1. The standard InChI is InChI=1S/C15H22N2O3/c1-4-20-14(18)6-5-11-16-15(19)12-7-9-13(10-8-12)17(2)3/h7-10H,4-6,11H2,1-3H3,(H,16,19). The highest BCUT2D eigenvalue weighted by molar-refractivity contribution is 5.94. The fourth-order valence-corrected chi connectivity index (χ4v) is 1.68. The summed E-state index contributed by atoms with van der Waals surface area (Å²) in [5.41, 5.74) is 1.66. The van der Waals surface area contributed by atoms with Gasteiger partial charge < -0.3 is 15.0 Å². The molecule has 1 amide bonds. The second-order valence-corrected chi connectivity index (χ2v) is 4.61. The summed E-state index contributed by atoms with van der Waals surface area (Å²) in [7, 11) is 3.90. The number of anilines is 1. The van der Waals surface area contributed by atoms with Crippen LogP contribution in [-0.4, -0.2) is 39.1 Å². The van der Waals surface area contributed by atoms with Gasteiger partial charge in [-0.05, 0) is 37.6 Å². The van der Waals surface area contributed by atoms with Crippen LogP contribution in [0.2, 0.25) is 0 Å². The summed E-state index contributed by atoms with van der Waals surface area (Å²) in [5.74, 6) is -0.351. The molecule has 5 heteroatoms. The maximum absolute atomic E-state index is 11.9. The molecule has 0 radical (unpaired) electrons. The Morgan fingerprint density at radius 2 is 1.85 bits per heavy atom. The summed E-state index contributed by atoms with van der Waals surface area (Å²) in [5, 5.41) is 2.78. The second-order valence-electron chi connectivity index (χ2n) is 4.61. The number of ether oxygens (including phenoxy) is 1. The molecule has 0 unspecified atom stereocenters. The fraction of sp³-hybridized carbons (Fsp3) is 0.467. The Labute approximate surface area is 119 Å². The van der Waals surface area contributed by atoms with E-state index in [2.05, 4.69) is 5.32 Å². The predicted octanol–water partition coefficient (Wildman–Crippen LogP) is 1.83. The van der Waals surface area contributed by atoms with E-state index < -0.39 is 0 Å². The Bertz CT molecular complexity index is 441. The fourth-order valence-electron chi connectivity index (χ4n) is 1.68. The summed E-state index contributed by atoms with van der Waals surface area (Å²) in [6, 6.07) is 7.37. The summed E-state index contributed by atoms with van der Waals surface area (Å²) < 4.78 is 4.81. The van der Waals surface area contributed by atoms with E-state index in [0.29, 0.717) is 31.6 Å². The first kappa shape index (κ1) is 16.0. The molecular formula is C15H22N2O3. The number of benzene rings is 1. The van der Waals surface area contributed by atoms with Crippen LogP contribution in [0.1, 0.15) is 30.1 Å². The minimum absolute atomic E-state index is 0.126. The highest BCUT2D eigenvalue weighted by Gasteiger charge is 2.06. The number of carbonyl (C=O) groups is 2. The summed E-state index contributed by atoms with van der Waals surface area (Å²) in [6.45, 7) is 2.63. The minimum atomic E-state index is -0.225. The molecule has 1 aromatic rings. The van der Waals surface area contributed by atoms with Crippen molar-refractivity contribution in [2.24, 2.45) is 0 Å². The van der Waals surface area contributed by atoms with E-state index in [4.69, 9.17) is 4.74 Å². The van der Waals surface area contributed by atoms with E-state index in [1.54, 1.807) is 19.1 Å². The third kappa shape index (κ3) is 5.30. The number of hydrogen-bond donors (Lipinski definition) is 1. The van der Waals surface area contributed by atoms with Crippen LogP contribution in [0.5, 0.6) is 0 Å². The molecule has 1 rings (SSSR count). The van der Waals surface area contributed by atoms with Crippen LogP contribution >= 0.6 is 0 Å². The first-order valence-corrected chi connectivity index (χ1v) is 6.75. The molecule has 20 heavy (non-hydrogen) atoms.